The molecule has 1 aliphatic carbocycles. The summed E-state index contributed by atoms with van der Waals surface area (Å²) in [6, 6.07) is 1.58. The summed E-state index contributed by atoms with van der Waals surface area (Å²) in [6.45, 7) is 1.22. The van der Waals surface area contributed by atoms with Gasteiger partial charge in [0.2, 0.25) is 5.78 Å². The van der Waals surface area contributed by atoms with Crippen molar-refractivity contribution < 1.29 is 18.8 Å². The molecule has 72 valence electrons. The van der Waals surface area contributed by atoms with Crippen molar-refractivity contribution >= 4 is 17.5 Å². The minimum atomic E-state index is -0.547. The number of rotatable bonds is 1. The van der Waals surface area contributed by atoms with Crippen molar-refractivity contribution in [2.24, 2.45) is 5.16 Å². The Morgan fingerprint density at radius 2 is 2.43 bits per heavy atom. The van der Waals surface area contributed by atoms with E-state index in [4.69, 9.17) is 4.42 Å². The highest BCUT2D eigenvalue weighted by molar-refractivity contribution is 6.49. The number of furan rings is 1. The standard InChI is InChI=1S/C9H7NO4/c1-5(11)14-10-7-4-8-6(9(7)12)2-3-13-8/h2-3H,4H2,1H3. The van der Waals surface area contributed by atoms with Crippen molar-refractivity contribution in [3.8, 4) is 0 Å². The Kier molecular flexibility index (Phi) is 1.92. The van der Waals surface area contributed by atoms with Gasteiger partial charge in [0.25, 0.3) is 0 Å². The maximum Gasteiger partial charge on any atom is 0.331 e. The van der Waals surface area contributed by atoms with Gasteiger partial charge in [0.1, 0.15) is 11.5 Å². The monoisotopic (exact) mass is 193 g/mol. The van der Waals surface area contributed by atoms with E-state index in [1.165, 1.54) is 13.2 Å². The number of ketones is 1. The minimum Gasteiger partial charge on any atom is -0.468 e. The SMILES string of the molecule is CC(=O)ON=C1Cc2occc2C1=O. The molecule has 5 heteroatoms. The van der Waals surface area contributed by atoms with Gasteiger partial charge in [0.05, 0.1) is 18.2 Å². The Bertz CT molecular complexity index is 430. The topological polar surface area (TPSA) is 68.9 Å². The van der Waals surface area contributed by atoms with E-state index >= 15 is 0 Å². The number of oxime groups is 1. The van der Waals surface area contributed by atoms with Crippen LogP contribution < -0.4 is 0 Å². The van der Waals surface area contributed by atoms with Gasteiger partial charge in [-0.25, -0.2) is 4.79 Å². The van der Waals surface area contributed by atoms with Gasteiger partial charge in [-0.05, 0) is 6.07 Å². The first kappa shape index (κ1) is 8.68. The van der Waals surface area contributed by atoms with Crippen LogP contribution in [0.3, 0.4) is 0 Å². The van der Waals surface area contributed by atoms with Crippen molar-refractivity contribution in [3.05, 3.63) is 23.7 Å². The molecule has 0 bridgehead atoms. The molecule has 0 saturated heterocycles. The number of nitrogens with zero attached hydrogens (tertiary/aromatic N) is 1. The van der Waals surface area contributed by atoms with E-state index in [-0.39, 0.29) is 17.9 Å². The van der Waals surface area contributed by atoms with Crippen LogP contribution in [0.4, 0.5) is 0 Å². The van der Waals surface area contributed by atoms with Gasteiger partial charge in [-0.3, -0.25) is 4.79 Å². The molecule has 1 aromatic rings. The first-order chi connectivity index (χ1) is 6.68. The summed E-state index contributed by atoms with van der Waals surface area (Å²) >= 11 is 0. The smallest absolute Gasteiger partial charge is 0.331 e. The Labute approximate surface area is 79.3 Å². The second-order valence-corrected chi connectivity index (χ2v) is 2.88. The number of hydrogen-bond donors (Lipinski definition) is 0. The van der Waals surface area contributed by atoms with Crippen LogP contribution in [0.5, 0.6) is 0 Å². The maximum absolute atomic E-state index is 11.5. The Hall–Kier alpha value is -1.91. The molecule has 0 radical (unpaired) electrons. The second-order valence-electron chi connectivity index (χ2n) is 2.88. The predicted molar refractivity (Wildman–Crippen MR) is 45.9 cm³/mol. The molecule has 0 spiro atoms. The van der Waals surface area contributed by atoms with Crippen molar-refractivity contribution in [1.29, 1.82) is 0 Å². The lowest BCUT2D eigenvalue weighted by Crippen LogP contribution is -2.09. The molecule has 5 nitrogen and oxygen atoms in total. The summed E-state index contributed by atoms with van der Waals surface area (Å²) in [4.78, 5) is 26.3. The fraction of sp³-hybridized carbons (Fsp3) is 0.222. The van der Waals surface area contributed by atoms with Gasteiger partial charge in [-0.15, -0.1) is 0 Å². The highest BCUT2D eigenvalue weighted by Gasteiger charge is 2.29. The normalized spacial score (nSPS) is 17.2. The molecule has 0 N–H and O–H groups in total. The first-order valence-corrected chi connectivity index (χ1v) is 4.04. The summed E-state index contributed by atoms with van der Waals surface area (Å²) in [5.74, 6) is -0.218. The third-order valence-electron chi connectivity index (χ3n) is 1.86. The number of carbonyl (C=O) groups is 2. The predicted octanol–water partition coefficient (Wildman–Crippen LogP) is 0.938. The first-order valence-electron chi connectivity index (χ1n) is 4.04. The van der Waals surface area contributed by atoms with Crippen LogP contribution >= 0.6 is 0 Å². The van der Waals surface area contributed by atoms with E-state index in [1.54, 1.807) is 6.07 Å². The van der Waals surface area contributed by atoms with E-state index in [2.05, 4.69) is 9.99 Å². The molecule has 1 aromatic heterocycles. The average molecular weight is 193 g/mol. The zero-order valence-corrected chi connectivity index (χ0v) is 7.44. The van der Waals surface area contributed by atoms with E-state index in [1.807, 2.05) is 0 Å². The fourth-order valence-corrected chi connectivity index (χ4v) is 1.26. The lowest BCUT2D eigenvalue weighted by Gasteiger charge is -1.92. The third kappa shape index (κ3) is 1.32. The van der Waals surface area contributed by atoms with Crippen molar-refractivity contribution in [2.75, 3.05) is 0 Å². The fourth-order valence-electron chi connectivity index (χ4n) is 1.26. The van der Waals surface area contributed by atoms with Crippen molar-refractivity contribution in [1.82, 2.24) is 0 Å². The molecule has 0 fully saturated rings. The zero-order chi connectivity index (χ0) is 10.1. The quantitative estimate of drug-likeness (QED) is 0.491. The average Bonchev–Trinajstić information content (AvgIpc) is 2.66. The van der Waals surface area contributed by atoms with Crippen LogP contribution in [0.25, 0.3) is 0 Å². The molecule has 0 atom stereocenters. The minimum absolute atomic E-state index is 0.203. The highest BCUT2D eigenvalue weighted by atomic mass is 16.7. The number of Topliss-reactive ketones (excluding diaryl/α,β-unsaturated/α-hetero) is 1. The van der Waals surface area contributed by atoms with Gasteiger partial charge >= 0.3 is 5.97 Å². The van der Waals surface area contributed by atoms with Crippen LogP contribution in [0.2, 0.25) is 0 Å². The third-order valence-corrected chi connectivity index (χ3v) is 1.86. The van der Waals surface area contributed by atoms with E-state index in [9.17, 15) is 9.59 Å². The largest absolute Gasteiger partial charge is 0.468 e. The van der Waals surface area contributed by atoms with Gasteiger partial charge < -0.3 is 9.25 Å². The summed E-state index contributed by atoms with van der Waals surface area (Å²) in [5, 5.41) is 3.45. The van der Waals surface area contributed by atoms with E-state index in [0.717, 1.165) is 0 Å². The Morgan fingerprint density at radius 3 is 3.07 bits per heavy atom. The Morgan fingerprint density at radius 1 is 1.64 bits per heavy atom. The van der Waals surface area contributed by atoms with Gasteiger partial charge in [0, 0.05) is 6.92 Å². The second kappa shape index (κ2) is 3.10. The highest BCUT2D eigenvalue weighted by Crippen LogP contribution is 2.21. The number of fused-ring (bicyclic) bond motifs is 1. The van der Waals surface area contributed by atoms with Crippen molar-refractivity contribution in [2.45, 2.75) is 13.3 Å². The summed E-state index contributed by atoms with van der Waals surface area (Å²) in [5.41, 5.74) is 0.699. The van der Waals surface area contributed by atoms with Crippen LogP contribution in [0.1, 0.15) is 23.0 Å². The van der Waals surface area contributed by atoms with Crippen LogP contribution in [0.15, 0.2) is 21.9 Å². The van der Waals surface area contributed by atoms with Crippen LogP contribution in [-0.2, 0) is 16.1 Å². The molecular weight excluding hydrogens is 186 g/mol. The van der Waals surface area contributed by atoms with Crippen molar-refractivity contribution in [3.63, 3.8) is 0 Å². The lowest BCUT2D eigenvalue weighted by atomic mass is 10.2. The maximum atomic E-state index is 11.5. The number of hydrogen-bond acceptors (Lipinski definition) is 5. The zero-order valence-electron chi connectivity index (χ0n) is 7.44. The molecule has 0 aliphatic heterocycles. The molecular formula is C9H7NO4. The van der Waals surface area contributed by atoms with Gasteiger partial charge in [-0.2, -0.15) is 0 Å². The van der Waals surface area contributed by atoms with Crippen LogP contribution in [-0.4, -0.2) is 17.5 Å². The molecule has 1 heterocycles. The molecule has 0 saturated carbocycles. The molecule has 0 amide bonds. The molecule has 2 rings (SSSR count). The van der Waals surface area contributed by atoms with E-state index < -0.39 is 5.97 Å². The number of carbonyl (C=O) groups excluding carboxylic acids is 2. The van der Waals surface area contributed by atoms with Gasteiger partial charge in [-0.1, -0.05) is 5.16 Å². The lowest BCUT2D eigenvalue weighted by molar-refractivity contribution is -0.140. The summed E-state index contributed by atoms with van der Waals surface area (Å²) in [7, 11) is 0. The molecule has 0 unspecified atom stereocenters. The van der Waals surface area contributed by atoms with E-state index in [0.29, 0.717) is 11.3 Å². The molecule has 14 heavy (non-hydrogen) atoms. The Balaban J connectivity index is 2.21. The summed E-state index contributed by atoms with van der Waals surface area (Å²) in [6.07, 6.45) is 1.74. The molecule has 1 aliphatic rings. The molecule has 0 aromatic carbocycles. The van der Waals surface area contributed by atoms with Crippen LogP contribution in [0, 0.1) is 0 Å². The summed E-state index contributed by atoms with van der Waals surface area (Å²) < 4.78 is 5.04. The van der Waals surface area contributed by atoms with Gasteiger partial charge in [0.15, 0.2) is 0 Å².